The zero-order valence-corrected chi connectivity index (χ0v) is 23.5. The Morgan fingerprint density at radius 1 is 0.575 bits per heavy atom. The van der Waals surface area contributed by atoms with Crippen LogP contribution in [0, 0.1) is 0 Å². The molecule has 0 spiro atoms. The zero-order valence-electron chi connectivity index (χ0n) is 22.7. The van der Waals surface area contributed by atoms with Gasteiger partial charge in [-0.25, -0.2) is 0 Å². The highest BCUT2D eigenvalue weighted by molar-refractivity contribution is 7.26. The quantitative estimate of drug-likeness (QED) is 0.155. The standard InChI is InChI=1S/C36H20S.C3H8/c1-2-13-29-27(11-1)28-12-3-4-14-30(28)34-22-24(19-20-31(29)34)23-9-7-10-25(21-23)26-16-8-17-33-32-15-5-6-18-35(32)37-36(26)33;1-3-2/h1-6,8,10-22H;3H2,1-2H3. The van der Waals surface area contributed by atoms with Gasteiger partial charge in [0, 0.05) is 31.3 Å². The van der Waals surface area contributed by atoms with Crippen LogP contribution in [0.3, 0.4) is 0 Å². The first-order valence-electron chi connectivity index (χ1n) is 13.9. The molecule has 6 aromatic carbocycles. The maximum absolute atomic E-state index is 3.40. The molecule has 0 fully saturated rings. The van der Waals surface area contributed by atoms with Crippen LogP contribution in [0.4, 0.5) is 0 Å². The molecule has 0 saturated carbocycles. The lowest BCUT2D eigenvalue weighted by atomic mass is 9.91. The number of hydrogen-bond acceptors (Lipinski definition) is 1. The summed E-state index contributed by atoms with van der Waals surface area (Å²) in [6, 6.07) is 39.6. The van der Waals surface area contributed by atoms with Gasteiger partial charge in [0.15, 0.2) is 0 Å². The van der Waals surface area contributed by atoms with Gasteiger partial charge >= 0.3 is 0 Å². The SMILES string of the molecule is C1=C=C(c2ccc3c4ccccc4c4ccccc4c3c2)C=C(c2cccc3c2sc2ccccc23)C=1.CCC. The number of fused-ring (bicyclic) bond motifs is 9. The van der Waals surface area contributed by atoms with Crippen LogP contribution >= 0.6 is 11.3 Å². The Hall–Kier alpha value is -4.64. The molecule has 0 N–H and O–H groups in total. The molecule has 40 heavy (non-hydrogen) atoms. The van der Waals surface area contributed by atoms with Gasteiger partial charge in [-0.1, -0.05) is 129 Å². The monoisotopic (exact) mass is 528 g/mol. The molecular weight excluding hydrogens is 500 g/mol. The lowest BCUT2D eigenvalue weighted by Gasteiger charge is -2.13. The van der Waals surface area contributed by atoms with Crippen molar-refractivity contribution in [2.24, 2.45) is 0 Å². The Morgan fingerprint density at radius 2 is 1.15 bits per heavy atom. The van der Waals surface area contributed by atoms with E-state index in [0.29, 0.717) is 0 Å². The third-order valence-corrected chi connectivity index (χ3v) is 8.72. The van der Waals surface area contributed by atoms with E-state index in [0.717, 1.165) is 11.1 Å². The molecule has 1 aromatic heterocycles. The third-order valence-electron chi connectivity index (χ3n) is 7.50. The fourth-order valence-corrected chi connectivity index (χ4v) is 7.02. The summed E-state index contributed by atoms with van der Waals surface area (Å²) >= 11 is 1.87. The first-order valence-corrected chi connectivity index (χ1v) is 14.8. The predicted octanol–water partition coefficient (Wildman–Crippen LogP) is 11.7. The molecule has 1 heteroatoms. The van der Waals surface area contributed by atoms with Crippen LogP contribution in [0.1, 0.15) is 31.4 Å². The summed E-state index contributed by atoms with van der Waals surface area (Å²) in [5, 5.41) is 10.4. The molecule has 1 heterocycles. The highest BCUT2D eigenvalue weighted by Crippen LogP contribution is 2.40. The van der Waals surface area contributed by atoms with Crippen molar-refractivity contribution >= 4 is 75.0 Å². The molecule has 0 aliphatic heterocycles. The van der Waals surface area contributed by atoms with E-state index in [9.17, 15) is 0 Å². The van der Waals surface area contributed by atoms with Gasteiger partial charge in [0.05, 0.1) is 0 Å². The largest absolute Gasteiger partial charge is 0.135 e. The first-order chi connectivity index (χ1) is 19.8. The molecule has 8 rings (SSSR count). The Kier molecular flexibility index (Phi) is 6.20. The van der Waals surface area contributed by atoms with Crippen LogP contribution in [0.15, 0.2) is 133 Å². The zero-order chi connectivity index (χ0) is 27.1. The van der Waals surface area contributed by atoms with E-state index < -0.39 is 0 Å². The molecule has 0 saturated heterocycles. The van der Waals surface area contributed by atoms with E-state index in [1.54, 1.807) is 0 Å². The highest BCUT2D eigenvalue weighted by Gasteiger charge is 2.14. The van der Waals surface area contributed by atoms with E-state index in [1.165, 1.54) is 70.0 Å². The number of thiophene rings is 1. The number of allylic oxidation sites excluding steroid dienone is 4. The Bertz CT molecular complexity index is 2190. The van der Waals surface area contributed by atoms with E-state index in [2.05, 4.69) is 147 Å². The lowest BCUT2D eigenvalue weighted by molar-refractivity contribution is 1.09. The minimum Gasteiger partial charge on any atom is -0.135 e. The van der Waals surface area contributed by atoms with Crippen molar-refractivity contribution in [2.45, 2.75) is 20.3 Å². The average molecular weight is 529 g/mol. The maximum Gasteiger partial charge on any atom is 0.0434 e. The van der Waals surface area contributed by atoms with Crippen molar-refractivity contribution in [3.63, 3.8) is 0 Å². The fourth-order valence-electron chi connectivity index (χ4n) is 5.79. The van der Waals surface area contributed by atoms with Gasteiger partial charge in [-0.2, -0.15) is 0 Å². The first kappa shape index (κ1) is 24.4. The molecule has 0 amide bonds. The van der Waals surface area contributed by atoms with Gasteiger partial charge in [0.25, 0.3) is 0 Å². The number of benzene rings is 6. The summed E-state index contributed by atoms with van der Waals surface area (Å²) in [7, 11) is 0. The molecule has 1 aliphatic rings. The second-order valence-electron chi connectivity index (χ2n) is 10.3. The van der Waals surface area contributed by atoms with Gasteiger partial charge in [0.2, 0.25) is 0 Å². The van der Waals surface area contributed by atoms with Crippen molar-refractivity contribution in [1.82, 2.24) is 0 Å². The van der Waals surface area contributed by atoms with Gasteiger partial charge < -0.3 is 0 Å². The third kappa shape index (κ3) is 4.01. The van der Waals surface area contributed by atoms with E-state index in [4.69, 9.17) is 0 Å². The highest BCUT2D eigenvalue weighted by atomic mass is 32.1. The van der Waals surface area contributed by atoms with Gasteiger partial charge in [-0.05, 0) is 67.7 Å². The second kappa shape index (κ2) is 10.2. The van der Waals surface area contributed by atoms with Crippen molar-refractivity contribution in [3.8, 4) is 0 Å². The van der Waals surface area contributed by atoms with E-state index >= 15 is 0 Å². The minimum absolute atomic E-state index is 1.06. The summed E-state index contributed by atoms with van der Waals surface area (Å²) in [5.74, 6) is 0. The van der Waals surface area contributed by atoms with E-state index in [-0.39, 0.29) is 0 Å². The predicted molar refractivity (Wildman–Crippen MR) is 177 cm³/mol. The van der Waals surface area contributed by atoms with Gasteiger partial charge in [0.1, 0.15) is 0 Å². The van der Waals surface area contributed by atoms with Gasteiger partial charge in [-0.15, -0.1) is 11.3 Å². The summed E-state index contributed by atoms with van der Waals surface area (Å²) in [6.45, 7) is 4.25. The number of rotatable bonds is 2. The summed E-state index contributed by atoms with van der Waals surface area (Å²) < 4.78 is 2.65. The molecular formula is C39H28S. The van der Waals surface area contributed by atoms with Crippen molar-refractivity contribution in [2.75, 3.05) is 0 Å². The van der Waals surface area contributed by atoms with Crippen LogP contribution in [0.5, 0.6) is 0 Å². The fraction of sp³-hybridized carbons (Fsp3) is 0.0769. The van der Waals surface area contributed by atoms with Crippen LogP contribution in [-0.2, 0) is 0 Å². The number of hydrogen-bond donors (Lipinski definition) is 0. The van der Waals surface area contributed by atoms with Crippen LogP contribution < -0.4 is 0 Å². The Morgan fingerprint density at radius 3 is 1.85 bits per heavy atom. The molecule has 1 aliphatic carbocycles. The summed E-state index contributed by atoms with van der Waals surface area (Å²) in [6.07, 6.45) is 5.58. The van der Waals surface area contributed by atoms with Crippen molar-refractivity contribution in [3.05, 3.63) is 144 Å². The van der Waals surface area contributed by atoms with Gasteiger partial charge in [-0.3, -0.25) is 0 Å². The average Bonchev–Trinajstić information content (AvgIpc) is 3.40. The van der Waals surface area contributed by atoms with Crippen LogP contribution in [0.2, 0.25) is 0 Å². The normalized spacial score (nSPS) is 12.7. The molecule has 0 atom stereocenters. The lowest BCUT2D eigenvalue weighted by Crippen LogP contribution is -1.89. The molecule has 0 bridgehead atoms. The molecule has 190 valence electrons. The second-order valence-corrected chi connectivity index (χ2v) is 11.3. The van der Waals surface area contributed by atoms with Crippen molar-refractivity contribution < 1.29 is 0 Å². The minimum atomic E-state index is 1.06. The van der Waals surface area contributed by atoms with E-state index in [1.807, 2.05) is 11.3 Å². The Labute approximate surface area is 238 Å². The Balaban J connectivity index is 0.000000846. The molecule has 0 unspecified atom stereocenters. The maximum atomic E-state index is 3.40. The molecule has 0 radical (unpaired) electrons. The molecule has 0 nitrogen and oxygen atoms in total. The molecule has 7 aromatic rings. The van der Waals surface area contributed by atoms with Crippen molar-refractivity contribution in [1.29, 1.82) is 0 Å². The topological polar surface area (TPSA) is 0 Å². The van der Waals surface area contributed by atoms with Crippen LogP contribution in [0.25, 0.3) is 63.6 Å². The smallest absolute Gasteiger partial charge is 0.0434 e. The summed E-state index contributed by atoms with van der Waals surface area (Å²) in [5.41, 5.74) is 11.4. The van der Waals surface area contributed by atoms with Crippen LogP contribution in [-0.4, -0.2) is 0 Å². The summed E-state index contributed by atoms with van der Waals surface area (Å²) in [4.78, 5) is 0.